The monoisotopic (exact) mass is 263 g/mol. The molecule has 0 saturated carbocycles. The largest absolute Gasteiger partial charge is 0.495 e. The van der Waals surface area contributed by atoms with E-state index in [0.29, 0.717) is 6.04 Å². The Hall–Kier alpha value is -1.22. The van der Waals surface area contributed by atoms with Crippen LogP contribution in [0.5, 0.6) is 5.75 Å². The molecule has 1 aromatic carbocycles. The molecule has 2 rings (SSSR count). The summed E-state index contributed by atoms with van der Waals surface area (Å²) in [4.78, 5) is 0. The van der Waals surface area contributed by atoms with Crippen molar-refractivity contribution >= 4 is 5.69 Å². The van der Waals surface area contributed by atoms with Crippen molar-refractivity contribution in [3.8, 4) is 5.75 Å². The maximum absolute atomic E-state index is 5.61. The summed E-state index contributed by atoms with van der Waals surface area (Å²) >= 11 is 0. The first-order chi connectivity index (χ1) is 8.91. The maximum Gasteiger partial charge on any atom is 0.141 e. The molecule has 106 valence electrons. The van der Waals surface area contributed by atoms with E-state index in [1.807, 2.05) is 6.07 Å². The summed E-state index contributed by atoms with van der Waals surface area (Å²) in [5.41, 5.74) is 2.51. The zero-order valence-electron chi connectivity index (χ0n) is 12.6. The van der Waals surface area contributed by atoms with Crippen LogP contribution in [-0.4, -0.2) is 25.9 Å². The number of hydrogen-bond acceptors (Lipinski definition) is 3. The van der Waals surface area contributed by atoms with E-state index in [2.05, 4.69) is 45.1 Å². The van der Waals surface area contributed by atoms with Crippen molar-refractivity contribution in [3.05, 3.63) is 23.8 Å². The summed E-state index contributed by atoms with van der Waals surface area (Å²) in [6.45, 7) is 9.62. The molecule has 2 unspecified atom stereocenters. The SMILES string of the molecule is COc1ccc(C(C)(C)C)cc1NC1CCOC1C. The van der Waals surface area contributed by atoms with Crippen LogP contribution in [0.15, 0.2) is 18.2 Å². The Labute approximate surface area is 116 Å². The lowest BCUT2D eigenvalue weighted by atomic mass is 9.86. The third-order valence-corrected chi connectivity index (χ3v) is 3.78. The van der Waals surface area contributed by atoms with Gasteiger partial charge in [0.05, 0.1) is 24.9 Å². The third-order valence-electron chi connectivity index (χ3n) is 3.78. The van der Waals surface area contributed by atoms with Crippen molar-refractivity contribution in [2.24, 2.45) is 0 Å². The Bertz CT molecular complexity index is 437. The van der Waals surface area contributed by atoms with Gasteiger partial charge in [0.25, 0.3) is 0 Å². The predicted octanol–water partition coefficient (Wildman–Crippen LogP) is 3.58. The van der Waals surface area contributed by atoms with Gasteiger partial charge in [-0.15, -0.1) is 0 Å². The molecule has 1 aliphatic heterocycles. The molecular formula is C16H25NO2. The quantitative estimate of drug-likeness (QED) is 0.904. The molecule has 1 aliphatic rings. The Morgan fingerprint density at radius 1 is 1.32 bits per heavy atom. The van der Waals surface area contributed by atoms with Gasteiger partial charge in [-0.3, -0.25) is 0 Å². The molecule has 0 radical (unpaired) electrons. The highest BCUT2D eigenvalue weighted by Gasteiger charge is 2.25. The van der Waals surface area contributed by atoms with E-state index >= 15 is 0 Å². The minimum atomic E-state index is 0.139. The van der Waals surface area contributed by atoms with Crippen LogP contribution in [0.2, 0.25) is 0 Å². The van der Waals surface area contributed by atoms with E-state index < -0.39 is 0 Å². The first-order valence-corrected chi connectivity index (χ1v) is 6.98. The van der Waals surface area contributed by atoms with Crippen molar-refractivity contribution in [1.82, 2.24) is 0 Å². The standard InChI is InChI=1S/C16H25NO2/c1-11-13(8-9-19-11)17-14-10-12(16(2,3)4)6-7-15(14)18-5/h6-7,10-11,13,17H,8-9H2,1-5H3. The van der Waals surface area contributed by atoms with Gasteiger partial charge in [-0.2, -0.15) is 0 Å². The van der Waals surface area contributed by atoms with E-state index in [-0.39, 0.29) is 11.5 Å². The highest BCUT2D eigenvalue weighted by molar-refractivity contribution is 5.59. The Morgan fingerprint density at radius 2 is 2.05 bits per heavy atom. The van der Waals surface area contributed by atoms with Gasteiger partial charge >= 0.3 is 0 Å². The Kier molecular flexibility index (Phi) is 4.04. The van der Waals surface area contributed by atoms with Crippen LogP contribution in [0.25, 0.3) is 0 Å². The van der Waals surface area contributed by atoms with Gasteiger partial charge in [0.15, 0.2) is 0 Å². The van der Waals surface area contributed by atoms with Gasteiger partial charge in [-0.05, 0) is 36.5 Å². The average molecular weight is 263 g/mol. The smallest absolute Gasteiger partial charge is 0.141 e. The molecule has 0 aromatic heterocycles. The second-order valence-corrected chi connectivity index (χ2v) is 6.28. The summed E-state index contributed by atoms with van der Waals surface area (Å²) in [6, 6.07) is 6.75. The van der Waals surface area contributed by atoms with Crippen LogP contribution in [0.4, 0.5) is 5.69 Å². The van der Waals surface area contributed by atoms with Crippen molar-refractivity contribution < 1.29 is 9.47 Å². The summed E-state index contributed by atoms with van der Waals surface area (Å²) < 4.78 is 11.1. The lowest BCUT2D eigenvalue weighted by Gasteiger charge is -2.24. The van der Waals surface area contributed by atoms with Gasteiger partial charge in [0, 0.05) is 6.61 Å². The number of benzene rings is 1. The molecule has 0 spiro atoms. The van der Waals surface area contributed by atoms with Gasteiger partial charge < -0.3 is 14.8 Å². The molecule has 1 heterocycles. The molecular weight excluding hydrogens is 238 g/mol. The molecule has 1 fully saturated rings. The Morgan fingerprint density at radius 3 is 2.58 bits per heavy atom. The first kappa shape index (κ1) is 14.2. The van der Waals surface area contributed by atoms with Crippen molar-refractivity contribution in [2.45, 2.75) is 51.7 Å². The number of hydrogen-bond donors (Lipinski definition) is 1. The van der Waals surface area contributed by atoms with Gasteiger partial charge in [-0.25, -0.2) is 0 Å². The number of ether oxygens (including phenoxy) is 2. The van der Waals surface area contributed by atoms with E-state index in [0.717, 1.165) is 24.5 Å². The summed E-state index contributed by atoms with van der Waals surface area (Å²) in [6.07, 6.45) is 1.30. The highest BCUT2D eigenvalue weighted by atomic mass is 16.5. The van der Waals surface area contributed by atoms with Crippen LogP contribution in [0.1, 0.15) is 39.7 Å². The van der Waals surface area contributed by atoms with Crippen LogP contribution >= 0.6 is 0 Å². The fraction of sp³-hybridized carbons (Fsp3) is 0.625. The van der Waals surface area contributed by atoms with E-state index in [9.17, 15) is 0 Å². The highest BCUT2D eigenvalue weighted by Crippen LogP contribution is 2.33. The molecule has 3 heteroatoms. The second kappa shape index (κ2) is 5.41. The van der Waals surface area contributed by atoms with Gasteiger partial charge in [0.2, 0.25) is 0 Å². The lowest BCUT2D eigenvalue weighted by molar-refractivity contribution is 0.121. The molecule has 2 atom stereocenters. The van der Waals surface area contributed by atoms with E-state index in [1.165, 1.54) is 5.56 Å². The molecule has 0 aliphatic carbocycles. The van der Waals surface area contributed by atoms with Gasteiger partial charge in [-0.1, -0.05) is 26.8 Å². The molecule has 1 aromatic rings. The summed E-state index contributed by atoms with van der Waals surface area (Å²) in [5.74, 6) is 0.895. The van der Waals surface area contributed by atoms with E-state index in [4.69, 9.17) is 9.47 Å². The number of anilines is 1. The van der Waals surface area contributed by atoms with Crippen molar-refractivity contribution in [3.63, 3.8) is 0 Å². The third kappa shape index (κ3) is 3.21. The van der Waals surface area contributed by atoms with Crippen LogP contribution in [-0.2, 0) is 10.2 Å². The molecule has 0 amide bonds. The normalized spacial score (nSPS) is 23.4. The predicted molar refractivity (Wildman–Crippen MR) is 79.1 cm³/mol. The van der Waals surface area contributed by atoms with Crippen molar-refractivity contribution in [2.75, 3.05) is 19.0 Å². The van der Waals surface area contributed by atoms with Crippen molar-refractivity contribution in [1.29, 1.82) is 0 Å². The number of rotatable bonds is 3. The number of methoxy groups -OCH3 is 1. The minimum absolute atomic E-state index is 0.139. The van der Waals surface area contributed by atoms with Gasteiger partial charge in [0.1, 0.15) is 5.75 Å². The molecule has 19 heavy (non-hydrogen) atoms. The lowest BCUT2D eigenvalue weighted by Crippen LogP contribution is -2.27. The topological polar surface area (TPSA) is 30.5 Å². The molecule has 3 nitrogen and oxygen atoms in total. The fourth-order valence-electron chi connectivity index (χ4n) is 2.41. The zero-order chi connectivity index (χ0) is 14.0. The average Bonchev–Trinajstić information content (AvgIpc) is 2.74. The van der Waals surface area contributed by atoms with Crippen LogP contribution in [0.3, 0.4) is 0 Å². The van der Waals surface area contributed by atoms with Crippen LogP contribution in [0, 0.1) is 0 Å². The molecule has 0 bridgehead atoms. The Balaban J connectivity index is 2.26. The maximum atomic E-state index is 5.61. The van der Waals surface area contributed by atoms with E-state index in [1.54, 1.807) is 7.11 Å². The van der Waals surface area contributed by atoms with Crippen LogP contribution < -0.4 is 10.1 Å². The second-order valence-electron chi connectivity index (χ2n) is 6.28. The number of nitrogens with one attached hydrogen (secondary N) is 1. The minimum Gasteiger partial charge on any atom is -0.495 e. The molecule has 1 N–H and O–H groups in total. The summed E-state index contributed by atoms with van der Waals surface area (Å²) in [7, 11) is 1.71. The fourth-order valence-corrected chi connectivity index (χ4v) is 2.41. The molecule has 1 saturated heterocycles. The zero-order valence-corrected chi connectivity index (χ0v) is 12.6. The first-order valence-electron chi connectivity index (χ1n) is 6.98. The summed E-state index contributed by atoms with van der Waals surface area (Å²) in [5, 5.41) is 3.57.